The highest BCUT2D eigenvalue weighted by atomic mass is 33.1. The lowest BCUT2D eigenvalue weighted by Crippen LogP contribution is -2.41. The predicted molar refractivity (Wildman–Crippen MR) is 286 cm³/mol. The number of aliphatic carboxylic acids is 3. The van der Waals surface area contributed by atoms with E-state index in [-0.39, 0.29) is 121 Å². The molecule has 0 fully saturated rings. The second-order valence-electron chi connectivity index (χ2n) is 14.7. The maximum atomic E-state index is 12.2. The van der Waals surface area contributed by atoms with E-state index in [2.05, 4.69) is 62.1 Å². The van der Waals surface area contributed by atoms with Gasteiger partial charge in [0.2, 0.25) is 23.6 Å². The zero-order valence-corrected chi connectivity index (χ0v) is 46.9. The van der Waals surface area contributed by atoms with Crippen LogP contribution in [0.5, 0.6) is 0 Å². The summed E-state index contributed by atoms with van der Waals surface area (Å²) in [4.78, 5) is 81.1. The van der Waals surface area contributed by atoms with Crippen LogP contribution in [0.1, 0.15) is 164 Å². The van der Waals surface area contributed by atoms with Gasteiger partial charge in [-0.25, -0.2) is 4.79 Å². The normalized spacial score (nSPS) is 10.8. The van der Waals surface area contributed by atoms with Gasteiger partial charge in [-0.3, -0.25) is 33.9 Å². The van der Waals surface area contributed by atoms with Crippen LogP contribution in [0.25, 0.3) is 0 Å². The van der Waals surface area contributed by atoms with E-state index in [4.69, 9.17) is 29.2 Å². The average Bonchev–Trinajstić information content (AvgIpc) is 3.34. The number of amides is 4. The Hall–Kier alpha value is -2.82. The molecule has 418 valence electrons. The monoisotopic (exact) mass is 1070 g/mol. The van der Waals surface area contributed by atoms with Crippen molar-refractivity contribution in [1.82, 2.24) is 26.4 Å². The Morgan fingerprint density at radius 3 is 1.27 bits per heavy atom. The molecule has 0 aliphatic heterocycles. The minimum Gasteiger partial charge on any atom is -0.481 e. The first-order valence-electron chi connectivity index (χ1n) is 24.9. The van der Waals surface area contributed by atoms with E-state index in [0.717, 1.165) is 57.8 Å². The minimum atomic E-state index is -1.20. The minimum absolute atomic E-state index is 0. The number of hydrogen-bond acceptors (Lipinski definition) is 14. The molecule has 0 rings (SSSR count). The standard InChI is InChI=1S/C37H68N5O14P.C4H10.C2H6S2.2C2H6.H2O/c43-31(17-16-29(36(49)50)41-32(44)14-9-7-5-3-1-2-4-6-8-10-15-35(47)48)39-19-21-53-23-26-56-28-34(46)40-20-22-54-24-25-55-27-33(45)38-18-12-11-13-30(42-57)37(51)52;2*1-3-4-2;2*1-2;/h29-30,42H,1-28,57H2,(H,38,45)(H,39,43)(H,40,46)(H,41,44)(H,47,48)(H,49,50)(H,51,52);3-4H2,1-2H3;1-2H3;2*1-2H3;1H2. The number of carbonyl (C=O) groups excluding carboxylic acids is 4. The maximum absolute atomic E-state index is 12.2. The van der Waals surface area contributed by atoms with Crippen molar-refractivity contribution in [2.75, 3.05) is 85.0 Å². The number of rotatable bonds is 43. The quantitative estimate of drug-likeness (QED) is 0.0192. The molecule has 0 radical (unpaired) electrons. The number of carboxylic acid groups (broad SMARTS) is 3. The summed E-state index contributed by atoms with van der Waals surface area (Å²) in [5.41, 5.74) is 0. The first kappa shape index (κ1) is 78.6. The van der Waals surface area contributed by atoms with Crippen molar-refractivity contribution >= 4 is 72.5 Å². The molecule has 0 aliphatic carbocycles. The van der Waals surface area contributed by atoms with Crippen LogP contribution in [0.3, 0.4) is 0 Å². The van der Waals surface area contributed by atoms with Crippen LogP contribution in [0.4, 0.5) is 0 Å². The Morgan fingerprint density at radius 2 is 0.871 bits per heavy atom. The van der Waals surface area contributed by atoms with Crippen molar-refractivity contribution in [3.8, 4) is 0 Å². The topological polar surface area (TPSA) is 309 Å². The van der Waals surface area contributed by atoms with E-state index in [1.54, 1.807) is 21.6 Å². The van der Waals surface area contributed by atoms with Gasteiger partial charge >= 0.3 is 17.9 Å². The number of unbranched alkanes of at least 4 members (excludes halogenated alkanes) is 11. The van der Waals surface area contributed by atoms with Crippen LogP contribution in [-0.2, 0) is 52.5 Å². The highest BCUT2D eigenvalue weighted by molar-refractivity contribution is 8.76. The first-order chi connectivity index (χ1) is 33.3. The zero-order valence-electron chi connectivity index (χ0n) is 44.1. The lowest BCUT2D eigenvalue weighted by atomic mass is 10.0. The third kappa shape index (κ3) is 67.3. The number of hydrogen-bond donors (Lipinski definition) is 8. The molecule has 0 saturated heterocycles. The Bertz CT molecular complexity index is 1210. The molecule has 3 unspecified atom stereocenters. The molecular formula is C47H98N5O15PS2. The molecule has 20 nitrogen and oxygen atoms in total. The van der Waals surface area contributed by atoms with Crippen LogP contribution in [0.15, 0.2) is 0 Å². The first-order valence-corrected chi connectivity index (χ1v) is 28.4. The number of carbonyl (C=O) groups is 7. The molecule has 0 spiro atoms. The molecule has 4 amide bonds. The van der Waals surface area contributed by atoms with Crippen molar-refractivity contribution in [2.24, 2.45) is 0 Å². The van der Waals surface area contributed by atoms with Gasteiger partial charge in [-0.15, -0.1) is 0 Å². The van der Waals surface area contributed by atoms with Gasteiger partial charge in [-0.2, -0.15) is 0 Å². The van der Waals surface area contributed by atoms with E-state index in [0.29, 0.717) is 32.2 Å². The van der Waals surface area contributed by atoms with Crippen LogP contribution < -0.4 is 26.4 Å². The fourth-order valence-electron chi connectivity index (χ4n) is 5.24. The van der Waals surface area contributed by atoms with Crippen LogP contribution in [0.2, 0.25) is 0 Å². The highest BCUT2D eigenvalue weighted by Gasteiger charge is 2.21. The molecule has 3 atom stereocenters. The summed E-state index contributed by atoms with van der Waals surface area (Å²) in [5.74, 6) is -4.20. The molecule has 0 heterocycles. The van der Waals surface area contributed by atoms with Crippen molar-refractivity contribution in [3.05, 3.63) is 0 Å². The van der Waals surface area contributed by atoms with Crippen molar-refractivity contribution in [3.63, 3.8) is 0 Å². The Balaban J connectivity index is -0.000000708. The summed E-state index contributed by atoms with van der Waals surface area (Å²) in [7, 11) is 5.73. The van der Waals surface area contributed by atoms with Gasteiger partial charge in [0.05, 0.1) is 39.6 Å². The largest absolute Gasteiger partial charge is 0.481 e. The van der Waals surface area contributed by atoms with E-state index < -0.39 is 30.0 Å². The molecule has 23 heteroatoms. The third-order valence-corrected chi connectivity index (χ3v) is 10.8. The Kier molecular flexibility index (Phi) is 74.3. The van der Waals surface area contributed by atoms with Gasteiger partial charge in [0.25, 0.3) is 0 Å². The summed E-state index contributed by atoms with van der Waals surface area (Å²) in [6.45, 7) is 14.2. The summed E-state index contributed by atoms with van der Waals surface area (Å²) in [6.07, 6.45) is 18.4. The summed E-state index contributed by atoms with van der Waals surface area (Å²) in [6, 6.07) is -1.79. The fourth-order valence-corrected chi connectivity index (χ4v) is 5.55. The lowest BCUT2D eigenvalue weighted by molar-refractivity contribution is -0.142. The smallest absolute Gasteiger partial charge is 0.326 e. The second kappa shape index (κ2) is 66.2. The van der Waals surface area contributed by atoms with Crippen LogP contribution in [-0.4, -0.2) is 159 Å². The molecule has 0 aromatic heterocycles. The van der Waals surface area contributed by atoms with E-state index in [9.17, 15) is 38.7 Å². The maximum Gasteiger partial charge on any atom is 0.326 e. The molecule has 70 heavy (non-hydrogen) atoms. The Labute approximate surface area is 431 Å². The fraction of sp³-hybridized carbons (Fsp3) is 0.851. The summed E-state index contributed by atoms with van der Waals surface area (Å²) >= 11 is 0. The van der Waals surface area contributed by atoms with Gasteiger partial charge in [0.15, 0.2) is 0 Å². The second-order valence-corrected chi connectivity index (χ2v) is 17.7. The molecular weight excluding hydrogens is 970 g/mol. The molecule has 0 aromatic rings. The molecule has 0 saturated carbocycles. The lowest BCUT2D eigenvalue weighted by Gasteiger charge is -2.14. The SMILES string of the molecule is CC.CC.CCCC.CSSC.O.O=C(O)CCCCCCCCCCCCC(=O)NC(CCC(=O)NCCOCCOCC(=O)NCCOCCOCC(=O)NCCCCC(NP)C(=O)O)C(=O)O. The van der Waals surface area contributed by atoms with E-state index in [1.807, 2.05) is 27.7 Å². The number of nitrogens with one attached hydrogen (secondary N) is 5. The Morgan fingerprint density at radius 1 is 0.471 bits per heavy atom. The summed E-state index contributed by atoms with van der Waals surface area (Å²) < 4.78 is 21.2. The van der Waals surface area contributed by atoms with Gasteiger partial charge in [-0.05, 0) is 51.0 Å². The van der Waals surface area contributed by atoms with Crippen LogP contribution in [0, 0.1) is 0 Å². The summed E-state index contributed by atoms with van der Waals surface area (Å²) in [5, 5.41) is 40.2. The van der Waals surface area contributed by atoms with E-state index in [1.165, 1.54) is 12.8 Å². The third-order valence-electron chi connectivity index (χ3n) is 9.09. The van der Waals surface area contributed by atoms with Crippen LogP contribution >= 0.6 is 31.0 Å². The van der Waals surface area contributed by atoms with E-state index >= 15 is 0 Å². The van der Waals surface area contributed by atoms with Gasteiger partial charge in [0, 0.05) is 38.9 Å². The highest BCUT2D eigenvalue weighted by Crippen LogP contribution is 2.12. The average molecular weight is 1070 g/mol. The molecule has 0 bridgehead atoms. The number of ether oxygens (including phenoxy) is 4. The number of carboxylic acids is 3. The molecule has 0 aliphatic rings. The van der Waals surface area contributed by atoms with Crippen molar-refractivity contribution in [2.45, 2.75) is 176 Å². The van der Waals surface area contributed by atoms with Crippen molar-refractivity contribution in [1.29, 1.82) is 0 Å². The molecule has 0 aromatic carbocycles. The predicted octanol–water partition coefficient (Wildman–Crippen LogP) is 6.18. The van der Waals surface area contributed by atoms with Gasteiger partial charge < -0.3 is 61.0 Å². The van der Waals surface area contributed by atoms with Gasteiger partial charge in [0.1, 0.15) is 25.3 Å². The zero-order chi connectivity index (χ0) is 53.2. The molecule has 10 N–H and O–H groups in total. The van der Waals surface area contributed by atoms with Crippen molar-refractivity contribution < 1.29 is 73.3 Å². The van der Waals surface area contributed by atoms with Gasteiger partial charge in [-0.1, -0.05) is 137 Å².